The number of hydrogen-bond acceptors (Lipinski definition) is 4. The summed E-state index contributed by atoms with van der Waals surface area (Å²) in [6.07, 6.45) is -5.12. The van der Waals surface area contributed by atoms with Crippen LogP contribution in [0.15, 0.2) is 24.3 Å². The Morgan fingerprint density at radius 3 is 2.32 bits per heavy atom. The molecule has 0 bridgehead atoms. The molecule has 0 saturated carbocycles. The number of benzene rings is 1. The van der Waals surface area contributed by atoms with E-state index >= 15 is 0 Å². The van der Waals surface area contributed by atoms with E-state index < -0.39 is 34.0 Å². The van der Waals surface area contributed by atoms with Gasteiger partial charge in [0.25, 0.3) is 5.69 Å². The summed E-state index contributed by atoms with van der Waals surface area (Å²) in [7, 11) is 0. The highest BCUT2D eigenvalue weighted by Crippen LogP contribution is 2.36. The van der Waals surface area contributed by atoms with Gasteiger partial charge in [-0.15, -0.1) is 0 Å². The second-order valence-corrected chi connectivity index (χ2v) is 3.83. The fraction of sp³-hybridized carbons (Fsp3) is 0.300. The first-order valence-electron chi connectivity index (χ1n) is 4.91. The lowest BCUT2D eigenvalue weighted by Gasteiger charge is -2.29. The normalized spacial score (nSPS) is 14.5. The number of hydrogen-bond donors (Lipinski definition) is 2. The van der Waals surface area contributed by atoms with Gasteiger partial charge in [-0.1, -0.05) is 12.1 Å². The average molecular weight is 278 g/mol. The number of alkyl halides is 3. The van der Waals surface area contributed by atoms with Crippen molar-refractivity contribution in [1.82, 2.24) is 0 Å². The topological polar surface area (TPSA) is 92.5 Å². The first-order chi connectivity index (χ1) is 8.59. The predicted molar refractivity (Wildman–Crippen MR) is 58.8 cm³/mol. The van der Waals surface area contributed by atoms with Crippen LogP contribution in [0.5, 0.6) is 0 Å². The van der Waals surface area contributed by atoms with Gasteiger partial charge in [0.2, 0.25) is 5.54 Å². The highest BCUT2D eigenvalue weighted by atomic mass is 19.4. The Morgan fingerprint density at radius 1 is 1.37 bits per heavy atom. The number of carboxylic acid groups (broad SMARTS) is 1. The van der Waals surface area contributed by atoms with Gasteiger partial charge in [0.05, 0.1) is 4.92 Å². The van der Waals surface area contributed by atoms with E-state index in [-0.39, 0.29) is 0 Å². The van der Waals surface area contributed by atoms with Crippen molar-refractivity contribution in [1.29, 1.82) is 0 Å². The minimum Gasteiger partial charge on any atom is -0.479 e. The molecule has 0 saturated heterocycles. The van der Waals surface area contributed by atoms with E-state index in [1.165, 1.54) is 12.1 Å². The molecule has 6 nitrogen and oxygen atoms in total. The molecule has 0 radical (unpaired) electrons. The van der Waals surface area contributed by atoms with Crippen molar-refractivity contribution in [3.8, 4) is 0 Å². The smallest absolute Gasteiger partial charge is 0.422 e. The first kappa shape index (κ1) is 14.7. The lowest BCUT2D eigenvalue weighted by molar-refractivity contribution is -0.384. The lowest BCUT2D eigenvalue weighted by atomic mass is 10.0. The number of anilines is 1. The maximum absolute atomic E-state index is 12.8. The largest absolute Gasteiger partial charge is 0.479 e. The quantitative estimate of drug-likeness (QED) is 0.651. The number of nitro benzene ring substituents is 1. The number of nitrogens with one attached hydrogen (secondary N) is 1. The van der Waals surface area contributed by atoms with Crippen LogP contribution in [0.25, 0.3) is 0 Å². The minimum atomic E-state index is -5.12. The summed E-state index contributed by atoms with van der Waals surface area (Å²) in [6.45, 7) is 0.395. The number of rotatable bonds is 4. The van der Waals surface area contributed by atoms with E-state index in [4.69, 9.17) is 5.11 Å². The highest BCUT2D eigenvalue weighted by Gasteiger charge is 2.58. The molecule has 0 aromatic heterocycles. The van der Waals surface area contributed by atoms with Crippen LogP contribution in [0.3, 0.4) is 0 Å². The molecule has 2 N–H and O–H groups in total. The zero-order chi connectivity index (χ0) is 14.8. The first-order valence-corrected chi connectivity index (χ1v) is 4.91. The summed E-state index contributed by atoms with van der Waals surface area (Å²) in [5, 5.41) is 21.0. The molecule has 0 spiro atoms. The third-order valence-corrected chi connectivity index (χ3v) is 2.48. The van der Waals surface area contributed by atoms with Gasteiger partial charge in [0.15, 0.2) is 0 Å². The van der Waals surface area contributed by atoms with Gasteiger partial charge in [-0.3, -0.25) is 10.1 Å². The molecule has 1 aromatic rings. The van der Waals surface area contributed by atoms with Crippen LogP contribution in [0.1, 0.15) is 6.92 Å². The lowest BCUT2D eigenvalue weighted by Crippen LogP contribution is -2.55. The molecule has 0 amide bonds. The molecule has 0 fully saturated rings. The molecule has 0 aliphatic heterocycles. The van der Waals surface area contributed by atoms with Crippen molar-refractivity contribution in [2.75, 3.05) is 5.32 Å². The van der Waals surface area contributed by atoms with Crippen LogP contribution >= 0.6 is 0 Å². The Morgan fingerprint density at radius 2 is 1.89 bits per heavy atom. The Bertz CT molecular complexity index is 518. The van der Waals surface area contributed by atoms with Crippen LogP contribution in [0.4, 0.5) is 24.5 Å². The van der Waals surface area contributed by atoms with Gasteiger partial charge in [0, 0.05) is 6.07 Å². The van der Waals surface area contributed by atoms with Crippen molar-refractivity contribution >= 4 is 17.3 Å². The second-order valence-electron chi connectivity index (χ2n) is 3.83. The average Bonchev–Trinajstić information content (AvgIpc) is 2.27. The van der Waals surface area contributed by atoms with Crippen LogP contribution in [0, 0.1) is 10.1 Å². The molecular formula is C10H9F3N2O4. The third kappa shape index (κ3) is 2.75. The summed E-state index contributed by atoms with van der Waals surface area (Å²) >= 11 is 0. The number of nitrogens with zero attached hydrogens (tertiary/aromatic N) is 1. The molecule has 19 heavy (non-hydrogen) atoms. The zero-order valence-electron chi connectivity index (χ0n) is 9.56. The zero-order valence-corrected chi connectivity index (χ0v) is 9.56. The molecule has 104 valence electrons. The highest BCUT2D eigenvalue weighted by molar-refractivity contribution is 5.84. The molecule has 9 heteroatoms. The molecular weight excluding hydrogens is 269 g/mol. The van der Waals surface area contributed by atoms with E-state index in [1.54, 1.807) is 5.32 Å². The number of carbonyl (C=O) groups is 1. The predicted octanol–water partition coefficient (Wildman–Crippen LogP) is 2.41. The maximum Gasteiger partial charge on any atom is 0.422 e. The fourth-order valence-corrected chi connectivity index (χ4v) is 1.25. The Balaban J connectivity index is 3.27. The maximum atomic E-state index is 12.8. The van der Waals surface area contributed by atoms with E-state index in [2.05, 4.69) is 0 Å². The summed E-state index contributed by atoms with van der Waals surface area (Å²) < 4.78 is 38.3. The Kier molecular flexibility index (Phi) is 3.68. The number of aliphatic carboxylic acids is 1. The summed E-state index contributed by atoms with van der Waals surface area (Å²) in [6, 6.07) is 4.50. The summed E-state index contributed by atoms with van der Waals surface area (Å²) in [5.41, 5.74) is -4.48. The van der Waals surface area contributed by atoms with Crippen LogP contribution in [-0.4, -0.2) is 27.7 Å². The number of para-hydroxylation sites is 2. The van der Waals surface area contributed by atoms with Crippen molar-refractivity contribution < 1.29 is 28.0 Å². The fourth-order valence-electron chi connectivity index (χ4n) is 1.25. The van der Waals surface area contributed by atoms with Crippen molar-refractivity contribution in [3.63, 3.8) is 0 Å². The van der Waals surface area contributed by atoms with Gasteiger partial charge in [-0.05, 0) is 13.0 Å². The minimum absolute atomic E-state index is 0.395. The van der Waals surface area contributed by atoms with Gasteiger partial charge < -0.3 is 10.4 Å². The second kappa shape index (κ2) is 4.75. The SMILES string of the molecule is CC(Nc1ccccc1[N+](=O)[O-])(C(=O)O)C(F)(F)F. The van der Waals surface area contributed by atoms with Gasteiger partial charge in [0.1, 0.15) is 5.69 Å². The molecule has 0 aliphatic rings. The monoisotopic (exact) mass is 278 g/mol. The van der Waals surface area contributed by atoms with E-state index in [0.29, 0.717) is 6.92 Å². The van der Waals surface area contributed by atoms with E-state index in [1.807, 2.05) is 0 Å². The number of carboxylic acids is 1. The van der Waals surface area contributed by atoms with Crippen LogP contribution in [-0.2, 0) is 4.79 Å². The Hall–Kier alpha value is -2.32. The number of halogens is 3. The van der Waals surface area contributed by atoms with E-state index in [0.717, 1.165) is 12.1 Å². The van der Waals surface area contributed by atoms with E-state index in [9.17, 15) is 28.1 Å². The van der Waals surface area contributed by atoms with Crippen molar-refractivity contribution in [2.45, 2.75) is 18.6 Å². The number of nitro groups is 1. The molecule has 0 heterocycles. The van der Waals surface area contributed by atoms with Gasteiger partial charge >= 0.3 is 12.1 Å². The standard InChI is InChI=1S/C10H9F3N2O4/c1-9(8(16)17,10(11,12)13)14-6-4-2-3-5-7(6)15(18)19/h2-5,14H,1H3,(H,16,17). The summed E-state index contributed by atoms with van der Waals surface area (Å²) in [4.78, 5) is 20.6. The third-order valence-electron chi connectivity index (χ3n) is 2.48. The molecule has 1 aromatic carbocycles. The molecule has 1 unspecified atom stereocenters. The van der Waals surface area contributed by atoms with Crippen molar-refractivity contribution in [3.05, 3.63) is 34.4 Å². The van der Waals surface area contributed by atoms with Crippen LogP contribution < -0.4 is 5.32 Å². The van der Waals surface area contributed by atoms with Gasteiger partial charge in [-0.2, -0.15) is 13.2 Å². The Labute approximate surface area is 105 Å². The summed E-state index contributed by atoms with van der Waals surface area (Å²) in [5.74, 6) is -2.18. The van der Waals surface area contributed by atoms with Gasteiger partial charge in [-0.25, -0.2) is 4.79 Å². The molecule has 0 aliphatic carbocycles. The van der Waals surface area contributed by atoms with Crippen LogP contribution in [0.2, 0.25) is 0 Å². The molecule has 1 atom stereocenters. The molecule has 1 rings (SSSR count). The van der Waals surface area contributed by atoms with Crippen molar-refractivity contribution in [2.24, 2.45) is 0 Å².